The van der Waals surface area contributed by atoms with Crippen molar-refractivity contribution in [2.45, 2.75) is 6.42 Å². The van der Waals surface area contributed by atoms with Crippen LogP contribution in [0.2, 0.25) is 0 Å². The van der Waals surface area contributed by atoms with Crippen molar-refractivity contribution in [2.75, 3.05) is 11.9 Å². The van der Waals surface area contributed by atoms with Gasteiger partial charge in [0, 0.05) is 44.0 Å². The number of hydrogen-bond donors (Lipinski definition) is 1. The number of nitrogens with one attached hydrogen (secondary N) is 1. The van der Waals surface area contributed by atoms with Gasteiger partial charge >= 0.3 is 0 Å². The SMILES string of the molecule is Cn1nccc1CCNc1ccc([N+](=O)[O-])cc1C#N. The fraction of sp³-hybridized carbons (Fsp3) is 0.231. The third-order valence-corrected chi connectivity index (χ3v) is 2.95. The highest BCUT2D eigenvalue weighted by atomic mass is 16.6. The maximum absolute atomic E-state index is 10.7. The molecule has 0 atom stereocenters. The Kier molecular flexibility index (Phi) is 3.96. The molecule has 0 aliphatic carbocycles. The molecule has 1 aromatic carbocycles. The van der Waals surface area contributed by atoms with E-state index in [-0.39, 0.29) is 11.3 Å². The average molecular weight is 271 g/mol. The first kappa shape index (κ1) is 13.5. The summed E-state index contributed by atoms with van der Waals surface area (Å²) in [5.74, 6) is 0. The Bertz CT molecular complexity index is 672. The van der Waals surface area contributed by atoms with Gasteiger partial charge in [-0.1, -0.05) is 0 Å². The third-order valence-electron chi connectivity index (χ3n) is 2.95. The van der Waals surface area contributed by atoms with Crippen molar-refractivity contribution in [2.24, 2.45) is 7.05 Å². The average Bonchev–Trinajstić information content (AvgIpc) is 2.84. The zero-order valence-electron chi connectivity index (χ0n) is 10.9. The largest absolute Gasteiger partial charge is 0.384 e. The molecule has 0 saturated carbocycles. The summed E-state index contributed by atoms with van der Waals surface area (Å²) in [6.07, 6.45) is 2.47. The molecular formula is C13H13N5O2. The molecule has 1 N–H and O–H groups in total. The van der Waals surface area contributed by atoms with Crippen molar-refractivity contribution in [1.82, 2.24) is 9.78 Å². The smallest absolute Gasteiger partial charge is 0.270 e. The molecule has 0 aliphatic rings. The summed E-state index contributed by atoms with van der Waals surface area (Å²) in [4.78, 5) is 10.1. The van der Waals surface area contributed by atoms with E-state index in [4.69, 9.17) is 5.26 Å². The lowest BCUT2D eigenvalue weighted by atomic mass is 10.1. The summed E-state index contributed by atoms with van der Waals surface area (Å²) in [6.45, 7) is 0.617. The van der Waals surface area contributed by atoms with E-state index in [1.165, 1.54) is 12.1 Å². The Morgan fingerprint density at radius 2 is 2.30 bits per heavy atom. The van der Waals surface area contributed by atoms with Gasteiger partial charge in [0.05, 0.1) is 16.2 Å². The van der Waals surface area contributed by atoms with Gasteiger partial charge in [-0.05, 0) is 12.1 Å². The number of nitro benzene ring substituents is 1. The number of nitriles is 1. The molecule has 0 saturated heterocycles. The fourth-order valence-corrected chi connectivity index (χ4v) is 1.86. The Balaban J connectivity index is 2.05. The molecule has 7 nitrogen and oxygen atoms in total. The van der Waals surface area contributed by atoms with Crippen LogP contribution in [0.4, 0.5) is 11.4 Å². The quantitative estimate of drug-likeness (QED) is 0.661. The van der Waals surface area contributed by atoms with E-state index in [1.54, 1.807) is 16.9 Å². The number of rotatable bonds is 5. The number of benzene rings is 1. The molecule has 0 spiro atoms. The monoisotopic (exact) mass is 271 g/mol. The second-order valence-corrected chi connectivity index (χ2v) is 4.22. The summed E-state index contributed by atoms with van der Waals surface area (Å²) in [5.41, 5.74) is 1.85. The molecular weight excluding hydrogens is 258 g/mol. The van der Waals surface area contributed by atoms with Crippen molar-refractivity contribution in [3.8, 4) is 6.07 Å². The van der Waals surface area contributed by atoms with Crippen LogP contribution in [0.25, 0.3) is 0 Å². The zero-order chi connectivity index (χ0) is 14.5. The lowest BCUT2D eigenvalue weighted by molar-refractivity contribution is -0.384. The first-order valence-electron chi connectivity index (χ1n) is 6.01. The van der Waals surface area contributed by atoms with Crippen LogP contribution in [0.3, 0.4) is 0 Å². The third kappa shape index (κ3) is 2.92. The number of non-ortho nitro benzene ring substituents is 1. The number of aryl methyl sites for hydroxylation is 1. The summed E-state index contributed by atoms with van der Waals surface area (Å²) >= 11 is 0. The van der Waals surface area contributed by atoms with Crippen LogP contribution < -0.4 is 5.32 Å². The van der Waals surface area contributed by atoms with E-state index < -0.39 is 4.92 Å². The molecule has 20 heavy (non-hydrogen) atoms. The lowest BCUT2D eigenvalue weighted by Crippen LogP contribution is -2.09. The Morgan fingerprint density at radius 1 is 1.50 bits per heavy atom. The zero-order valence-corrected chi connectivity index (χ0v) is 10.9. The van der Waals surface area contributed by atoms with Crippen molar-refractivity contribution >= 4 is 11.4 Å². The van der Waals surface area contributed by atoms with Crippen LogP contribution >= 0.6 is 0 Å². The molecule has 0 radical (unpaired) electrons. The maximum atomic E-state index is 10.7. The topological polar surface area (TPSA) is 96.8 Å². The molecule has 0 amide bonds. The van der Waals surface area contributed by atoms with Crippen LogP contribution in [0.5, 0.6) is 0 Å². The minimum Gasteiger partial charge on any atom is -0.384 e. The number of nitrogens with zero attached hydrogens (tertiary/aromatic N) is 4. The first-order valence-corrected chi connectivity index (χ1v) is 6.01. The van der Waals surface area contributed by atoms with Gasteiger partial charge in [-0.3, -0.25) is 14.8 Å². The summed E-state index contributed by atoms with van der Waals surface area (Å²) in [5, 5.41) is 26.9. The van der Waals surface area contributed by atoms with Gasteiger partial charge in [-0.15, -0.1) is 0 Å². The van der Waals surface area contributed by atoms with Gasteiger partial charge in [0.1, 0.15) is 6.07 Å². The van der Waals surface area contributed by atoms with E-state index in [2.05, 4.69) is 10.4 Å². The van der Waals surface area contributed by atoms with Crippen molar-refractivity contribution < 1.29 is 4.92 Å². The van der Waals surface area contributed by atoms with E-state index in [0.29, 0.717) is 12.2 Å². The maximum Gasteiger partial charge on any atom is 0.270 e. The molecule has 0 bridgehead atoms. The first-order chi connectivity index (χ1) is 9.61. The van der Waals surface area contributed by atoms with Crippen LogP contribution in [0.1, 0.15) is 11.3 Å². The number of anilines is 1. The number of aromatic nitrogens is 2. The summed E-state index contributed by atoms with van der Waals surface area (Å²) in [7, 11) is 1.86. The van der Waals surface area contributed by atoms with Crippen molar-refractivity contribution in [3.63, 3.8) is 0 Å². The van der Waals surface area contributed by atoms with Crippen LogP contribution in [0, 0.1) is 21.4 Å². The van der Waals surface area contributed by atoms with Crippen LogP contribution in [-0.2, 0) is 13.5 Å². The van der Waals surface area contributed by atoms with Crippen molar-refractivity contribution in [3.05, 3.63) is 51.8 Å². The lowest BCUT2D eigenvalue weighted by Gasteiger charge is -2.08. The van der Waals surface area contributed by atoms with Crippen LogP contribution in [-0.4, -0.2) is 21.2 Å². The van der Waals surface area contributed by atoms with Gasteiger partial charge in [-0.25, -0.2) is 0 Å². The predicted molar refractivity (Wildman–Crippen MR) is 73.2 cm³/mol. The van der Waals surface area contributed by atoms with E-state index >= 15 is 0 Å². The molecule has 1 heterocycles. The number of hydrogen-bond acceptors (Lipinski definition) is 5. The van der Waals surface area contributed by atoms with Gasteiger partial charge in [0.15, 0.2) is 0 Å². The molecule has 102 valence electrons. The van der Waals surface area contributed by atoms with Gasteiger partial charge in [-0.2, -0.15) is 10.4 Å². The molecule has 0 fully saturated rings. The fourth-order valence-electron chi connectivity index (χ4n) is 1.86. The standard InChI is InChI=1S/C13H13N5O2/c1-17-11(5-7-16-17)4-6-15-13-3-2-12(18(19)20)8-10(13)9-14/h2-3,5,7-8,15H,4,6H2,1H3. The van der Waals surface area contributed by atoms with Crippen molar-refractivity contribution in [1.29, 1.82) is 5.26 Å². The van der Waals surface area contributed by atoms with E-state index in [1.807, 2.05) is 19.2 Å². The van der Waals surface area contributed by atoms with Gasteiger partial charge in [0.2, 0.25) is 0 Å². The van der Waals surface area contributed by atoms with Gasteiger partial charge in [0.25, 0.3) is 5.69 Å². The minimum atomic E-state index is -0.514. The Labute approximate surface area is 115 Å². The Hall–Kier alpha value is -2.88. The molecule has 1 aromatic heterocycles. The highest BCUT2D eigenvalue weighted by Gasteiger charge is 2.10. The minimum absolute atomic E-state index is 0.0845. The molecule has 7 heteroatoms. The van der Waals surface area contributed by atoms with Gasteiger partial charge < -0.3 is 5.32 Å². The second-order valence-electron chi connectivity index (χ2n) is 4.22. The highest BCUT2D eigenvalue weighted by molar-refractivity contribution is 5.61. The van der Waals surface area contributed by atoms with E-state index in [0.717, 1.165) is 12.1 Å². The molecule has 0 unspecified atom stereocenters. The molecule has 0 aliphatic heterocycles. The molecule has 2 aromatic rings. The summed E-state index contributed by atoms with van der Waals surface area (Å²) < 4.78 is 1.78. The summed E-state index contributed by atoms with van der Waals surface area (Å²) in [6, 6.07) is 8.09. The normalized spacial score (nSPS) is 10.0. The van der Waals surface area contributed by atoms with E-state index in [9.17, 15) is 10.1 Å². The van der Waals surface area contributed by atoms with Crippen LogP contribution in [0.15, 0.2) is 30.5 Å². The highest BCUT2D eigenvalue weighted by Crippen LogP contribution is 2.21. The predicted octanol–water partition coefficient (Wildman–Crippen LogP) is 1.85. The Morgan fingerprint density at radius 3 is 2.90 bits per heavy atom. The second kappa shape index (κ2) is 5.84. The number of nitro groups is 1. The molecule has 2 rings (SSSR count).